The summed E-state index contributed by atoms with van der Waals surface area (Å²) >= 11 is 6.22. The van der Waals surface area contributed by atoms with Crippen molar-refractivity contribution in [3.05, 3.63) is 23.0 Å². The molecule has 3 saturated heterocycles. The van der Waals surface area contributed by atoms with E-state index in [0.717, 1.165) is 43.1 Å². The monoisotopic (exact) mass is 387 g/mol. The van der Waals surface area contributed by atoms with Gasteiger partial charge in [-0.2, -0.15) is 0 Å². The summed E-state index contributed by atoms with van der Waals surface area (Å²) in [6.45, 7) is 3.32. The highest BCUT2D eigenvalue weighted by atomic mass is 35.5. The third-order valence-corrected chi connectivity index (χ3v) is 6.49. The minimum atomic E-state index is 0.346. The normalized spacial score (nSPS) is 27.9. The van der Waals surface area contributed by atoms with Crippen molar-refractivity contribution < 1.29 is 4.74 Å². The van der Waals surface area contributed by atoms with Gasteiger partial charge in [-0.05, 0) is 65.1 Å². The van der Waals surface area contributed by atoms with Crippen LogP contribution in [0.3, 0.4) is 0 Å². The van der Waals surface area contributed by atoms with Crippen LogP contribution in [0.2, 0.25) is 5.15 Å². The second-order valence-corrected chi connectivity index (χ2v) is 8.92. The lowest BCUT2D eigenvalue weighted by atomic mass is 9.89. The molecule has 146 valence electrons. The highest BCUT2D eigenvalue weighted by Crippen LogP contribution is 2.38. The Kier molecular flexibility index (Phi) is 5.92. The average Bonchev–Trinajstić information content (AvgIpc) is 3.29. The van der Waals surface area contributed by atoms with Crippen molar-refractivity contribution in [1.82, 2.24) is 9.88 Å². The number of aromatic nitrogens is 1. The predicted octanol–water partition coefficient (Wildman–Crippen LogP) is 3.82. The average molecular weight is 388 g/mol. The second kappa shape index (κ2) is 8.39. The summed E-state index contributed by atoms with van der Waals surface area (Å²) < 4.78 is 5.94. The quantitative estimate of drug-likeness (QED) is 0.580. The van der Waals surface area contributed by atoms with Crippen molar-refractivity contribution >= 4 is 17.3 Å². The Bertz CT molecular complexity index is 718. The van der Waals surface area contributed by atoms with Gasteiger partial charge in [0.15, 0.2) is 0 Å². The summed E-state index contributed by atoms with van der Waals surface area (Å²) in [6, 6.07) is 1.99. The molecule has 1 aromatic heterocycles. The first-order valence-corrected chi connectivity index (χ1v) is 10.7. The number of halogens is 1. The Hall–Kier alpha value is -1.28. The van der Waals surface area contributed by atoms with E-state index in [1.165, 1.54) is 32.2 Å². The Morgan fingerprint density at radius 1 is 1.26 bits per heavy atom. The van der Waals surface area contributed by atoms with Crippen LogP contribution in [0.15, 0.2) is 12.3 Å². The Morgan fingerprint density at radius 3 is 2.74 bits per heavy atom. The molecule has 0 saturated carbocycles. The highest BCUT2D eigenvalue weighted by Gasteiger charge is 2.39. The first-order chi connectivity index (χ1) is 13.1. The molecule has 27 heavy (non-hydrogen) atoms. The zero-order valence-electron chi connectivity index (χ0n) is 16.5. The molecule has 3 unspecified atom stereocenters. The fourth-order valence-electron chi connectivity index (χ4n) is 4.64. The van der Waals surface area contributed by atoms with Gasteiger partial charge in [-0.15, -0.1) is 0 Å². The summed E-state index contributed by atoms with van der Waals surface area (Å²) in [7, 11) is 4.31. The van der Waals surface area contributed by atoms with Crippen LogP contribution in [0.25, 0.3) is 0 Å². The van der Waals surface area contributed by atoms with Gasteiger partial charge in [0.25, 0.3) is 0 Å². The van der Waals surface area contributed by atoms with Crippen molar-refractivity contribution in [2.75, 3.05) is 38.6 Å². The van der Waals surface area contributed by atoms with Crippen LogP contribution in [0.5, 0.6) is 0 Å². The molecule has 3 fully saturated rings. The number of anilines is 1. The van der Waals surface area contributed by atoms with Crippen LogP contribution < -0.4 is 4.90 Å². The number of ether oxygens (including phenoxy) is 1. The van der Waals surface area contributed by atoms with Crippen LogP contribution in [0.1, 0.15) is 44.1 Å². The second-order valence-electron chi connectivity index (χ2n) is 8.53. The van der Waals surface area contributed by atoms with Crippen LogP contribution >= 0.6 is 11.6 Å². The number of nitrogens with zero attached hydrogens (tertiary/aromatic N) is 3. The topological polar surface area (TPSA) is 28.6 Å². The van der Waals surface area contributed by atoms with E-state index in [1.54, 1.807) is 0 Å². The van der Waals surface area contributed by atoms with Gasteiger partial charge in [-0.3, -0.25) is 0 Å². The zero-order valence-corrected chi connectivity index (χ0v) is 17.2. The summed E-state index contributed by atoms with van der Waals surface area (Å²) in [5, 5.41) is 0.550. The first kappa shape index (κ1) is 19.1. The molecule has 3 atom stereocenters. The predicted molar refractivity (Wildman–Crippen MR) is 110 cm³/mol. The third-order valence-electron chi connectivity index (χ3n) is 6.29. The minimum Gasteiger partial charge on any atom is -0.374 e. The van der Waals surface area contributed by atoms with Gasteiger partial charge in [0.1, 0.15) is 5.15 Å². The summed E-state index contributed by atoms with van der Waals surface area (Å²) in [6.07, 6.45) is 9.85. The standard InChI is InChI=1S/C22H30ClN3O/c1-25(2)10-7-16-8-11-26(12-9-16)20-14-22(23)24-15-18(20)4-3-17-13-19-5-6-21(17)27-19/h14-17,19,21H,5-13H2,1-2H3. The molecule has 0 aromatic carbocycles. The fraction of sp³-hybridized carbons (Fsp3) is 0.682. The number of pyridine rings is 1. The smallest absolute Gasteiger partial charge is 0.131 e. The van der Waals surface area contributed by atoms with E-state index >= 15 is 0 Å². The molecule has 4 heterocycles. The van der Waals surface area contributed by atoms with Gasteiger partial charge in [0.2, 0.25) is 0 Å². The van der Waals surface area contributed by atoms with E-state index in [-0.39, 0.29) is 0 Å². The minimum absolute atomic E-state index is 0.346. The number of rotatable bonds is 4. The largest absolute Gasteiger partial charge is 0.374 e. The van der Waals surface area contributed by atoms with Crippen LogP contribution in [-0.4, -0.2) is 55.8 Å². The lowest BCUT2D eigenvalue weighted by Gasteiger charge is -2.34. The summed E-state index contributed by atoms with van der Waals surface area (Å²) in [5.41, 5.74) is 2.16. The molecule has 0 amide bonds. The van der Waals surface area contributed by atoms with Gasteiger partial charge < -0.3 is 14.5 Å². The molecular weight excluding hydrogens is 358 g/mol. The summed E-state index contributed by atoms with van der Waals surface area (Å²) in [4.78, 5) is 9.02. The van der Waals surface area contributed by atoms with Crippen molar-refractivity contribution in [1.29, 1.82) is 0 Å². The Labute approximate surface area is 168 Å². The molecular formula is C22H30ClN3O. The van der Waals surface area contributed by atoms with E-state index in [2.05, 4.69) is 40.7 Å². The lowest BCUT2D eigenvalue weighted by Crippen LogP contribution is -2.35. The number of hydrogen-bond donors (Lipinski definition) is 0. The molecule has 0 spiro atoms. The van der Waals surface area contributed by atoms with E-state index < -0.39 is 0 Å². The SMILES string of the molecule is CN(C)CCC1CCN(c2cc(Cl)ncc2C#CC2CC3CCC2O3)CC1. The molecule has 0 aliphatic carbocycles. The number of piperidine rings is 1. The van der Waals surface area contributed by atoms with Crippen LogP contribution in [0, 0.1) is 23.7 Å². The van der Waals surface area contributed by atoms with Gasteiger partial charge >= 0.3 is 0 Å². The first-order valence-electron chi connectivity index (χ1n) is 10.3. The van der Waals surface area contributed by atoms with Gasteiger partial charge in [0.05, 0.1) is 23.5 Å². The van der Waals surface area contributed by atoms with Gasteiger partial charge in [-0.1, -0.05) is 23.4 Å². The maximum atomic E-state index is 6.22. The Morgan fingerprint density at radius 2 is 2.07 bits per heavy atom. The van der Waals surface area contributed by atoms with Crippen molar-refractivity contribution in [3.8, 4) is 11.8 Å². The molecule has 1 aromatic rings. The van der Waals surface area contributed by atoms with E-state index in [4.69, 9.17) is 16.3 Å². The Balaban J connectivity index is 1.43. The molecule has 3 aliphatic heterocycles. The van der Waals surface area contributed by atoms with Crippen molar-refractivity contribution in [2.24, 2.45) is 11.8 Å². The molecule has 4 rings (SSSR count). The van der Waals surface area contributed by atoms with E-state index in [1.807, 2.05) is 12.3 Å². The third kappa shape index (κ3) is 4.59. The maximum absolute atomic E-state index is 6.22. The molecule has 5 heteroatoms. The lowest BCUT2D eigenvalue weighted by molar-refractivity contribution is 0.0987. The molecule has 0 N–H and O–H groups in total. The van der Waals surface area contributed by atoms with Gasteiger partial charge in [0, 0.05) is 31.3 Å². The van der Waals surface area contributed by atoms with E-state index in [0.29, 0.717) is 23.3 Å². The van der Waals surface area contributed by atoms with Crippen LogP contribution in [0.4, 0.5) is 5.69 Å². The zero-order chi connectivity index (χ0) is 18.8. The summed E-state index contributed by atoms with van der Waals surface area (Å²) in [5.74, 6) is 8.10. The molecule has 2 bridgehead atoms. The highest BCUT2D eigenvalue weighted by molar-refractivity contribution is 6.29. The van der Waals surface area contributed by atoms with Crippen molar-refractivity contribution in [2.45, 2.75) is 50.7 Å². The van der Waals surface area contributed by atoms with E-state index in [9.17, 15) is 0 Å². The number of fused-ring (bicyclic) bond motifs is 2. The molecule has 4 nitrogen and oxygen atoms in total. The fourth-order valence-corrected chi connectivity index (χ4v) is 4.79. The van der Waals surface area contributed by atoms with Gasteiger partial charge in [-0.25, -0.2) is 4.98 Å². The molecule has 0 radical (unpaired) electrons. The van der Waals surface area contributed by atoms with Crippen LogP contribution in [-0.2, 0) is 4.74 Å². The number of hydrogen-bond acceptors (Lipinski definition) is 4. The van der Waals surface area contributed by atoms with Crippen molar-refractivity contribution in [3.63, 3.8) is 0 Å². The maximum Gasteiger partial charge on any atom is 0.131 e. The molecule has 3 aliphatic rings.